The Morgan fingerprint density at radius 2 is 1.88 bits per heavy atom. The summed E-state index contributed by atoms with van der Waals surface area (Å²) in [5.74, 6) is 0.0435. The molecule has 4 rings (SSSR count). The Kier molecular flexibility index (Phi) is 4.53. The SMILES string of the molecule is COc1ccc([N+]2(C3CC3)CN=C[N+](C)(C3CCN(C)CC3)C2)cc1F. The first-order valence-corrected chi connectivity index (χ1v) is 9.72. The van der Waals surface area contributed by atoms with Gasteiger partial charge in [0.1, 0.15) is 17.8 Å². The van der Waals surface area contributed by atoms with Crippen molar-refractivity contribution in [1.82, 2.24) is 9.38 Å². The highest BCUT2D eigenvalue weighted by atomic mass is 19.1. The summed E-state index contributed by atoms with van der Waals surface area (Å²) in [6.07, 6.45) is 6.96. The standard InChI is InChI=1S/C20H31FN4O/c1-23-10-8-16(9-11-23)24(2)13-22-14-25(15-24,17-4-5-17)18-6-7-20(26-3)19(21)12-18/h6-7,12-13,16-17H,4-5,8-11,14-15H2,1-3H3/q+2. The molecule has 2 heterocycles. The maximum absolute atomic E-state index is 14.5. The second-order valence-corrected chi connectivity index (χ2v) is 8.55. The normalized spacial score (nSPS) is 33.4. The van der Waals surface area contributed by atoms with Crippen molar-refractivity contribution in [2.45, 2.75) is 37.8 Å². The highest BCUT2D eigenvalue weighted by molar-refractivity contribution is 5.53. The lowest BCUT2D eigenvalue weighted by atomic mass is 10.0. The van der Waals surface area contributed by atoms with E-state index in [4.69, 9.17) is 9.73 Å². The molecule has 2 unspecified atom stereocenters. The molecule has 0 N–H and O–H groups in total. The lowest BCUT2D eigenvalue weighted by Gasteiger charge is -2.49. The smallest absolute Gasteiger partial charge is 0.219 e. The van der Waals surface area contributed by atoms with Crippen molar-refractivity contribution in [3.63, 3.8) is 0 Å². The number of rotatable bonds is 4. The third kappa shape index (κ3) is 3.04. The average Bonchev–Trinajstić information content (AvgIpc) is 3.47. The van der Waals surface area contributed by atoms with Crippen molar-refractivity contribution in [2.24, 2.45) is 4.99 Å². The molecule has 2 fully saturated rings. The number of hydrogen-bond donors (Lipinski definition) is 0. The summed E-state index contributed by atoms with van der Waals surface area (Å²) < 4.78 is 21.2. The van der Waals surface area contributed by atoms with Gasteiger partial charge in [-0.05, 0) is 13.1 Å². The minimum atomic E-state index is -0.272. The largest absolute Gasteiger partial charge is 0.494 e. The molecule has 1 saturated heterocycles. The van der Waals surface area contributed by atoms with Gasteiger partial charge in [0.2, 0.25) is 6.67 Å². The minimum Gasteiger partial charge on any atom is -0.494 e. The molecule has 2 atom stereocenters. The highest BCUT2D eigenvalue weighted by Gasteiger charge is 2.54. The number of methoxy groups -OCH3 is 1. The molecule has 0 spiro atoms. The van der Waals surface area contributed by atoms with E-state index in [0.29, 0.717) is 17.8 Å². The topological polar surface area (TPSA) is 24.8 Å². The van der Waals surface area contributed by atoms with Crippen molar-refractivity contribution in [3.8, 4) is 5.75 Å². The molecule has 2 aliphatic heterocycles. The summed E-state index contributed by atoms with van der Waals surface area (Å²) in [5.41, 5.74) is 1.04. The van der Waals surface area contributed by atoms with Crippen LogP contribution in [0.25, 0.3) is 0 Å². The fourth-order valence-corrected chi connectivity index (χ4v) is 4.89. The van der Waals surface area contributed by atoms with E-state index in [1.165, 1.54) is 32.8 Å². The molecule has 0 aromatic heterocycles. The van der Waals surface area contributed by atoms with E-state index in [-0.39, 0.29) is 5.82 Å². The van der Waals surface area contributed by atoms with Crippen LogP contribution in [0, 0.1) is 5.82 Å². The van der Waals surface area contributed by atoms with Crippen LogP contribution in [0.3, 0.4) is 0 Å². The predicted octanol–water partition coefficient (Wildman–Crippen LogP) is 2.80. The van der Waals surface area contributed by atoms with Crippen LogP contribution in [0.2, 0.25) is 0 Å². The number of nitrogens with zero attached hydrogens (tertiary/aromatic N) is 4. The number of benzene rings is 1. The van der Waals surface area contributed by atoms with Gasteiger partial charge in [0.25, 0.3) is 0 Å². The molecule has 6 heteroatoms. The zero-order valence-corrected chi connectivity index (χ0v) is 16.2. The van der Waals surface area contributed by atoms with E-state index in [1.54, 1.807) is 12.1 Å². The Morgan fingerprint density at radius 1 is 1.15 bits per heavy atom. The first-order chi connectivity index (χ1) is 12.5. The Morgan fingerprint density at radius 3 is 2.50 bits per heavy atom. The molecule has 3 aliphatic rings. The van der Waals surface area contributed by atoms with Gasteiger partial charge in [0.15, 0.2) is 24.6 Å². The molecule has 1 aromatic rings. The fourth-order valence-electron chi connectivity index (χ4n) is 4.89. The number of hydrogen-bond acceptors (Lipinski definition) is 3. The summed E-state index contributed by atoms with van der Waals surface area (Å²) in [6.45, 7) is 3.98. The van der Waals surface area contributed by atoms with Crippen molar-refractivity contribution in [1.29, 1.82) is 0 Å². The van der Waals surface area contributed by atoms with Gasteiger partial charge >= 0.3 is 0 Å². The zero-order chi connectivity index (χ0) is 18.4. The number of likely N-dealkylation sites (tertiary alicyclic amines) is 1. The average molecular weight is 362 g/mol. The highest BCUT2D eigenvalue weighted by Crippen LogP contribution is 2.43. The molecule has 26 heavy (non-hydrogen) atoms. The Bertz CT molecular complexity index is 699. The lowest BCUT2D eigenvalue weighted by Crippen LogP contribution is -2.69. The first-order valence-electron chi connectivity index (χ1n) is 9.72. The second-order valence-electron chi connectivity index (χ2n) is 8.55. The van der Waals surface area contributed by atoms with Crippen LogP contribution in [0.5, 0.6) is 5.75 Å². The quantitative estimate of drug-likeness (QED) is 0.770. The van der Waals surface area contributed by atoms with E-state index >= 15 is 0 Å². The van der Waals surface area contributed by atoms with Gasteiger partial charge in [-0.1, -0.05) is 0 Å². The first kappa shape index (κ1) is 17.9. The van der Waals surface area contributed by atoms with Crippen LogP contribution in [0.1, 0.15) is 25.7 Å². The molecule has 1 aliphatic carbocycles. The van der Waals surface area contributed by atoms with Gasteiger partial charge in [-0.15, -0.1) is 0 Å². The Hall–Kier alpha value is -1.50. The predicted molar refractivity (Wildman–Crippen MR) is 103 cm³/mol. The van der Waals surface area contributed by atoms with E-state index in [2.05, 4.69) is 25.3 Å². The summed E-state index contributed by atoms with van der Waals surface area (Å²) in [6, 6.07) is 6.64. The number of halogens is 1. The van der Waals surface area contributed by atoms with Gasteiger partial charge < -0.3 is 9.64 Å². The van der Waals surface area contributed by atoms with Gasteiger partial charge in [0, 0.05) is 50.9 Å². The molecule has 1 saturated carbocycles. The van der Waals surface area contributed by atoms with Crippen LogP contribution in [-0.4, -0.2) is 75.4 Å². The lowest BCUT2D eigenvalue weighted by molar-refractivity contribution is -0.855. The van der Waals surface area contributed by atoms with Crippen LogP contribution < -0.4 is 9.22 Å². The molecular weight excluding hydrogens is 331 g/mol. The summed E-state index contributed by atoms with van der Waals surface area (Å²) in [7, 11) is 6.03. The van der Waals surface area contributed by atoms with E-state index in [1.807, 2.05) is 6.07 Å². The maximum atomic E-state index is 14.5. The molecule has 5 nitrogen and oxygen atoms in total. The minimum absolute atomic E-state index is 0.272. The maximum Gasteiger partial charge on any atom is 0.219 e. The van der Waals surface area contributed by atoms with E-state index < -0.39 is 0 Å². The summed E-state index contributed by atoms with van der Waals surface area (Å²) >= 11 is 0. The zero-order valence-electron chi connectivity index (χ0n) is 16.2. The Balaban J connectivity index is 1.66. The van der Waals surface area contributed by atoms with Crippen LogP contribution >= 0.6 is 0 Å². The molecule has 1 aromatic carbocycles. The van der Waals surface area contributed by atoms with Crippen LogP contribution in [0.4, 0.5) is 10.1 Å². The summed E-state index contributed by atoms with van der Waals surface area (Å²) in [4.78, 5) is 7.25. The van der Waals surface area contributed by atoms with Gasteiger partial charge in [-0.2, -0.15) is 4.99 Å². The number of ether oxygens (including phenoxy) is 1. The third-order valence-corrected chi connectivity index (χ3v) is 6.65. The molecular formula is C20H31FN4O+2. The fraction of sp³-hybridized carbons (Fsp3) is 0.650. The van der Waals surface area contributed by atoms with E-state index in [9.17, 15) is 4.39 Å². The van der Waals surface area contributed by atoms with Crippen molar-refractivity contribution in [2.75, 3.05) is 47.6 Å². The third-order valence-electron chi connectivity index (χ3n) is 6.65. The van der Waals surface area contributed by atoms with Crippen molar-refractivity contribution < 1.29 is 13.6 Å². The van der Waals surface area contributed by atoms with Gasteiger partial charge in [-0.3, -0.25) is 0 Å². The second kappa shape index (κ2) is 6.59. The van der Waals surface area contributed by atoms with Crippen molar-refractivity contribution >= 4 is 12.0 Å². The van der Waals surface area contributed by atoms with E-state index in [0.717, 1.165) is 41.1 Å². The van der Waals surface area contributed by atoms with Gasteiger partial charge in [0.05, 0.1) is 14.2 Å². The number of quaternary nitrogens is 2. The van der Waals surface area contributed by atoms with Crippen LogP contribution in [-0.2, 0) is 0 Å². The molecule has 142 valence electrons. The number of aliphatic imine (C=N–C) groups is 1. The molecule has 0 bridgehead atoms. The van der Waals surface area contributed by atoms with Crippen molar-refractivity contribution in [3.05, 3.63) is 24.0 Å². The monoisotopic (exact) mass is 362 g/mol. The molecule has 0 radical (unpaired) electrons. The molecule has 0 amide bonds. The summed E-state index contributed by atoms with van der Waals surface area (Å²) in [5, 5.41) is 0. The number of piperidine rings is 1. The van der Waals surface area contributed by atoms with Crippen LogP contribution in [0.15, 0.2) is 23.2 Å². The Labute approximate surface area is 155 Å². The van der Waals surface area contributed by atoms with Gasteiger partial charge in [-0.25, -0.2) is 13.4 Å².